The Morgan fingerprint density at radius 2 is 2.22 bits per heavy atom. The number of rotatable bonds is 7. The van der Waals surface area contributed by atoms with Gasteiger partial charge >= 0.3 is 0 Å². The zero-order chi connectivity index (χ0) is 13.6. The first-order valence-electron chi connectivity index (χ1n) is 5.43. The molecule has 1 aromatic rings. The zero-order valence-electron chi connectivity index (χ0n) is 10.0. The number of nitrogens with one attached hydrogen (secondary N) is 1. The molecule has 3 N–H and O–H groups in total. The van der Waals surface area contributed by atoms with Crippen molar-refractivity contribution in [3.8, 4) is 0 Å². The summed E-state index contributed by atoms with van der Waals surface area (Å²) in [6.07, 6.45) is 0.669. The second-order valence-electron chi connectivity index (χ2n) is 3.47. The van der Waals surface area contributed by atoms with Gasteiger partial charge in [-0.1, -0.05) is 0 Å². The second kappa shape index (κ2) is 6.53. The Bertz CT molecular complexity index is 494. The summed E-state index contributed by atoms with van der Waals surface area (Å²) in [5, 5.41) is 7.00. The summed E-state index contributed by atoms with van der Waals surface area (Å²) in [7, 11) is -3.91. The predicted octanol–water partition coefficient (Wildman–Crippen LogP) is 0.0834. The highest BCUT2D eigenvalue weighted by molar-refractivity contribution is 7.89. The first kappa shape index (κ1) is 14.7. The molecule has 0 saturated heterocycles. The molecule has 1 aromatic heterocycles. The van der Waals surface area contributed by atoms with Crippen molar-refractivity contribution in [1.82, 2.24) is 5.32 Å². The molecular weight excluding hydrogens is 260 g/mol. The smallest absolute Gasteiger partial charge is 0.287 e. The van der Waals surface area contributed by atoms with Crippen LogP contribution in [0, 0.1) is 0 Å². The van der Waals surface area contributed by atoms with Crippen molar-refractivity contribution in [2.45, 2.75) is 18.4 Å². The van der Waals surface area contributed by atoms with E-state index in [4.69, 9.17) is 14.3 Å². The third-order valence-electron chi connectivity index (χ3n) is 2.04. The highest BCUT2D eigenvalue weighted by Gasteiger charge is 2.16. The van der Waals surface area contributed by atoms with Crippen molar-refractivity contribution in [2.75, 3.05) is 19.8 Å². The van der Waals surface area contributed by atoms with E-state index in [1.54, 1.807) is 0 Å². The van der Waals surface area contributed by atoms with E-state index in [0.717, 1.165) is 6.07 Å². The number of nitrogens with two attached hydrogens (primary N) is 1. The van der Waals surface area contributed by atoms with Crippen molar-refractivity contribution < 1.29 is 22.4 Å². The van der Waals surface area contributed by atoms with Crippen molar-refractivity contribution >= 4 is 15.9 Å². The minimum atomic E-state index is -3.91. The van der Waals surface area contributed by atoms with Gasteiger partial charge in [0.1, 0.15) is 0 Å². The van der Waals surface area contributed by atoms with Crippen LogP contribution in [0.5, 0.6) is 0 Å². The Labute approximate surface area is 105 Å². The number of ether oxygens (including phenoxy) is 1. The van der Waals surface area contributed by atoms with Gasteiger partial charge in [0.15, 0.2) is 5.76 Å². The molecule has 0 aliphatic heterocycles. The molecule has 8 heteroatoms. The molecule has 0 atom stereocenters. The fourth-order valence-corrected chi connectivity index (χ4v) is 1.67. The summed E-state index contributed by atoms with van der Waals surface area (Å²) in [6.45, 7) is 3.49. The number of amides is 1. The third-order valence-corrected chi connectivity index (χ3v) is 2.82. The minimum absolute atomic E-state index is 0.0876. The molecule has 0 bridgehead atoms. The maximum Gasteiger partial charge on any atom is 0.287 e. The molecule has 1 amide bonds. The third kappa shape index (κ3) is 4.47. The number of carbonyl (C=O) groups is 1. The zero-order valence-corrected chi connectivity index (χ0v) is 10.8. The lowest BCUT2D eigenvalue weighted by Gasteiger charge is -2.03. The van der Waals surface area contributed by atoms with E-state index in [1.807, 2.05) is 6.92 Å². The van der Waals surface area contributed by atoms with Crippen LogP contribution in [0.25, 0.3) is 0 Å². The SMILES string of the molecule is CCOCCCNC(=O)c1ccc(S(N)(=O)=O)o1. The molecule has 0 aliphatic carbocycles. The van der Waals surface area contributed by atoms with E-state index >= 15 is 0 Å². The highest BCUT2D eigenvalue weighted by Crippen LogP contribution is 2.11. The number of furan rings is 1. The summed E-state index contributed by atoms with van der Waals surface area (Å²) in [6, 6.07) is 2.40. The van der Waals surface area contributed by atoms with Gasteiger partial charge in [-0.2, -0.15) is 0 Å². The van der Waals surface area contributed by atoms with E-state index in [1.165, 1.54) is 6.07 Å². The molecule has 0 fully saturated rings. The molecule has 0 aliphatic rings. The average Bonchev–Trinajstić information content (AvgIpc) is 2.77. The number of sulfonamides is 1. The van der Waals surface area contributed by atoms with Gasteiger partial charge in [0.25, 0.3) is 15.9 Å². The minimum Gasteiger partial charge on any atom is -0.438 e. The Hall–Kier alpha value is -1.38. The van der Waals surface area contributed by atoms with Crippen LogP contribution in [0.15, 0.2) is 21.6 Å². The van der Waals surface area contributed by atoms with Crippen molar-refractivity contribution in [2.24, 2.45) is 5.14 Å². The fourth-order valence-electron chi connectivity index (χ4n) is 1.20. The van der Waals surface area contributed by atoms with E-state index < -0.39 is 21.0 Å². The van der Waals surface area contributed by atoms with Gasteiger partial charge in [-0.25, -0.2) is 13.6 Å². The number of primary sulfonamides is 1. The van der Waals surface area contributed by atoms with Crippen LogP contribution in [0.3, 0.4) is 0 Å². The summed E-state index contributed by atoms with van der Waals surface area (Å²) in [4.78, 5) is 11.5. The highest BCUT2D eigenvalue weighted by atomic mass is 32.2. The van der Waals surface area contributed by atoms with Crippen LogP contribution in [-0.4, -0.2) is 34.1 Å². The Kier molecular flexibility index (Phi) is 5.32. The molecule has 0 radical (unpaired) electrons. The predicted molar refractivity (Wildman–Crippen MR) is 63.5 cm³/mol. The molecule has 102 valence electrons. The molecule has 0 saturated carbocycles. The quantitative estimate of drug-likeness (QED) is 0.685. The maximum absolute atomic E-state index is 11.5. The van der Waals surface area contributed by atoms with Gasteiger partial charge in [0.2, 0.25) is 5.09 Å². The molecule has 0 unspecified atom stereocenters. The van der Waals surface area contributed by atoms with Gasteiger partial charge in [-0.05, 0) is 25.5 Å². The van der Waals surface area contributed by atoms with E-state index in [0.29, 0.717) is 26.2 Å². The Morgan fingerprint density at radius 1 is 1.50 bits per heavy atom. The average molecular weight is 276 g/mol. The van der Waals surface area contributed by atoms with Crippen LogP contribution in [-0.2, 0) is 14.8 Å². The van der Waals surface area contributed by atoms with E-state index in [9.17, 15) is 13.2 Å². The normalized spacial score (nSPS) is 11.4. The molecule has 7 nitrogen and oxygen atoms in total. The number of carbonyl (C=O) groups excluding carboxylic acids is 1. The van der Waals surface area contributed by atoms with Crippen LogP contribution >= 0.6 is 0 Å². The van der Waals surface area contributed by atoms with Crippen molar-refractivity contribution in [3.63, 3.8) is 0 Å². The first-order chi connectivity index (χ1) is 8.45. The molecule has 1 rings (SSSR count). The van der Waals surface area contributed by atoms with Crippen LogP contribution in [0.2, 0.25) is 0 Å². The monoisotopic (exact) mass is 276 g/mol. The summed E-state index contributed by atoms with van der Waals surface area (Å²) < 4.78 is 31.8. The van der Waals surface area contributed by atoms with Gasteiger partial charge in [0, 0.05) is 19.8 Å². The van der Waals surface area contributed by atoms with Crippen molar-refractivity contribution in [3.05, 3.63) is 17.9 Å². The fraction of sp³-hybridized carbons (Fsp3) is 0.500. The van der Waals surface area contributed by atoms with Gasteiger partial charge in [0.05, 0.1) is 0 Å². The molecule has 0 spiro atoms. The van der Waals surface area contributed by atoms with Gasteiger partial charge in [-0.15, -0.1) is 0 Å². The topological polar surface area (TPSA) is 112 Å². The largest absolute Gasteiger partial charge is 0.438 e. The lowest BCUT2D eigenvalue weighted by molar-refractivity contribution is 0.0911. The number of hydrogen-bond donors (Lipinski definition) is 2. The standard InChI is InChI=1S/C10H16N2O5S/c1-2-16-7-3-6-12-10(13)8-4-5-9(17-8)18(11,14)15/h4-5H,2-3,6-7H2,1H3,(H,12,13)(H2,11,14,15). The summed E-state index contributed by atoms with van der Waals surface area (Å²) >= 11 is 0. The molecular formula is C10H16N2O5S. The second-order valence-corrected chi connectivity index (χ2v) is 4.96. The number of hydrogen-bond acceptors (Lipinski definition) is 5. The van der Waals surface area contributed by atoms with Crippen LogP contribution in [0.4, 0.5) is 0 Å². The van der Waals surface area contributed by atoms with E-state index in [-0.39, 0.29) is 5.76 Å². The lowest BCUT2D eigenvalue weighted by Crippen LogP contribution is -2.24. The van der Waals surface area contributed by atoms with E-state index in [2.05, 4.69) is 5.32 Å². The first-order valence-corrected chi connectivity index (χ1v) is 6.98. The molecule has 18 heavy (non-hydrogen) atoms. The lowest BCUT2D eigenvalue weighted by atomic mass is 10.4. The van der Waals surface area contributed by atoms with Crippen LogP contribution in [0.1, 0.15) is 23.9 Å². The van der Waals surface area contributed by atoms with Crippen LogP contribution < -0.4 is 10.5 Å². The Balaban J connectivity index is 2.45. The maximum atomic E-state index is 11.5. The van der Waals surface area contributed by atoms with Crippen molar-refractivity contribution in [1.29, 1.82) is 0 Å². The summed E-state index contributed by atoms with van der Waals surface area (Å²) in [5.74, 6) is -0.572. The molecule has 1 heterocycles. The summed E-state index contributed by atoms with van der Waals surface area (Å²) in [5.41, 5.74) is 0. The molecule has 0 aromatic carbocycles. The van der Waals surface area contributed by atoms with Gasteiger partial charge in [-0.3, -0.25) is 4.79 Å². The van der Waals surface area contributed by atoms with Gasteiger partial charge < -0.3 is 14.5 Å². The Morgan fingerprint density at radius 3 is 2.78 bits per heavy atom.